The molecule has 0 aliphatic heterocycles. The molecule has 0 fully saturated rings. The van der Waals surface area contributed by atoms with E-state index in [1.165, 1.54) is 35.6 Å². The van der Waals surface area contributed by atoms with Crippen LogP contribution in [0.2, 0.25) is 0 Å². The maximum atomic E-state index is 13.4. The van der Waals surface area contributed by atoms with Crippen LogP contribution < -0.4 is 10.0 Å². The quantitative estimate of drug-likeness (QED) is 0.324. The number of carbonyl (C=O) groups is 1. The molecule has 0 aliphatic carbocycles. The Balaban J connectivity index is 1.33. The van der Waals surface area contributed by atoms with E-state index in [1.807, 2.05) is 36.4 Å². The van der Waals surface area contributed by atoms with Gasteiger partial charge in [0.1, 0.15) is 0 Å². The molecule has 5 rings (SSSR count). The third-order valence-corrected chi connectivity index (χ3v) is 7.42. The summed E-state index contributed by atoms with van der Waals surface area (Å²) in [6.07, 6.45) is 0. The van der Waals surface area contributed by atoms with Crippen molar-refractivity contribution in [2.45, 2.75) is 4.90 Å². The number of thiazole rings is 1. The molecule has 5 aromatic rings. The van der Waals surface area contributed by atoms with Crippen LogP contribution >= 0.6 is 11.3 Å². The van der Waals surface area contributed by atoms with Crippen molar-refractivity contribution in [1.29, 1.82) is 0 Å². The minimum atomic E-state index is -4.13. The zero-order valence-corrected chi connectivity index (χ0v) is 18.9. The maximum absolute atomic E-state index is 13.4. The van der Waals surface area contributed by atoms with Gasteiger partial charge in [-0.3, -0.25) is 14.8 Å². The number of hydrogen-bond acceptors (Lipinski definition) is 5. The first-order chi connectivity index (χ1) is 16.3. The van der Waals surface area contributed by atoms with E-state index in [0.29, 0.717) is 16.8 Å². The third-order valence-electron chi connectivity index (χ3n) is 5.10. The van der Waals surface area contributed by atoms with Crippen LogP contribution in [0.4, 0.5) is 19.6 Å². The average Bonchev–Trinajstić information content (AvgIpc) is 3.24. The number of sulfonamides is 1. The predicted octanol–water partition coefficient (Wildman–Crippen LogP) is 5.78. The van der Waals surface area contributed by atoms with Gasteiger partial charge in [0.05, 0.1) is 15.1 Å². The highest BCUT2D eigenvalue weighted by Gasteiger charge is 2.17. The Labute approximate surface area is 196 Å². The SMILES string of the molecule is O=C(Nc1nc2c(ccc3ccccc32)s1)c1ccc(NS(=O)(=O)c2ccc(F)c(F)c2)cc1. The summed E-state index contributed by atoms with van der Waals surface area (Å²) in [7, 11) is -4.13. The summed E-state index contributed by atoms with van der Waals surface area (Å²) in [6.45, 7) is 0. The van der Waals surface area contributed by atoms with Gasteiger partial charge in [0.15, 0.2) is 16.8 Å². The van der Waals surface area contributed by atoms with E-state index in [-0.39, 0.29) is 5.69 Å². The first-order valence-electron chi connectivity index (χ1n) is 9.98. The monoisotopic (exact) mass is 495 g/mol. The van der Waals surface area contributed by atoms with Crippen LogP contribution in [-0.2, 0) is 10.0 Å². The van der Waals surface area contributed by atoms with Crippen molar-refractivity contribution < 1.29 is 22.0 Å². The van der Waals surface area contributed by atoms with Crippen LogP contribution in [0, 0.1) is 11.6 Å². The number of benzene rings is 4. The molecule has 4 aromatic carbocycles. The Kier molecular flexibility index (Phi) is 5.46. The highest BCUT2D eigenvalue weighted by molar-refractivity contribution is 7.92. The average molecular weight is 496 g/mol. The van der Waals surface area contributed by atoms with Gasteiger partial charge in [-0.25, -0.2) is 22.2 Å². The van der Waals surface area contributed by atoms with Crippen molar-refractivity contribution in [3.05, 3.63) is 96.1 Å². The van der Waals surface area contributed by atoms with Gasteiger partial charge in [0, 0.05) is 16.6 Å². The highest BCUT2D eigenvalue weighted by Crippen LogP contribution is 2.32. The first-order valence-corrected chi connectivity index (χ1v) is 12.3. The fraction of sp³-hybridized carbons (Fsp3) is 0. The Bertz CT molecular complexity index is 1670. The number of amides is 1. The fourth-order valence-electron chi connectivity index (χ4n) is 3.43. The smallest absolute Gasteiger partial charge is 0.261 e. The van der Waals surface area contributed by atoms with Gasteiger partial charge in [0.25, 0.3) is 15.9 Å². The number of anilines is 2. The fourth-order valence-corrected chi connectivity index (χ4v) is 5.38. The van der Waals surface area contributed by atoms with Crippen LogP contribution in [0.1, 0.15) is 10.4 Å². The normalized spacial score (nSPS) is 11.6. The van der Waals surface area contributed by atoms with Crippen molar-refractivity contribution in [2.75, 3.05) is 10.0 Å². The second-order valence-electron chi connectivity index (χ2n) is 7.37. The van der Waals surface area contributed by atoms with Crippen LogP contribution in [0.3, 0.4) is 0 Å². The van der Waals surface area contributed by atoms with E-state index in [0.717, 1.165) is 33.1 Å². The lowest BCUT2D eigenvalue weighted by Crippen LogP contribution is -2.14. The number of fused-ring (bicyclic) bond motifs is 3. The molecule has 0 unspecified atom stereocenters. The van der Waals surface area contributed by atoms with E-state index in [2.05, 4.69) is 15.0 Å². The van der Waals surface area contributed by atoms with E-state index < -0.39 is 32.5 Å². The van der Waals surface area contributed by atoms with Gasteiger partial charge in [-0.05, 0) is 53.9 Å². The molecule has 170 valence electrons. The zero-order chi connectivity index (χ0) is 23.9. The number of aromatic nitrogens is 1. The Hall–Kier alpha value is -3.89. The number of rotatable bonds is 5. The van der Waals surface area contributed by atoms with Crippen LogP contribution in [0.5, 0.6) is 0 Å². The summed E-state index contributed by atoms with van der Waals surface area (Å²) in [6, 6.07) is 19.8. The predicted molar refractivity (Wildman–Crippen MR) is 129 cm³/mol. The molecule has 0 aliphatic rings. The van der Waals surface area contributed by atoms with Crippen LogP contribution in [-0.4, -0.2) is 19.3 Å². The molecule has 1 heterocycles. The molecule has 1 aromatic heterocycles. The van der Waals surface area contributed by atoms with Crippen molar-refractivity contribution in [3.8, 4) is 0 Å². The Morgan fingerprint density at radius 3 is 2.41 bits per heavy atom. The van der Waals surface area contributed by atoms with Gasteiger partial charge in [-0.15, -0.1) is 0 Å². The number of nitrogens with one attached hydrogen (secondary N) is 2. The molecule has 0 spiro atoms. The molecule has 0 saturated carbocycles. The Morgan fingerprint density at radius 2 is 1.65 bits per heavy atom. The van der Waals surface area contributed by atoms with Crippen molar-refractivity contribution in [3.63, 3.8) is 0 Å². The molecule has 2 N–H and O–H groups in total. The standard InChI is InChI=1S/C24H15F2N3O3S2/c25-19-11-10-17(13-20(19)26)34(31,32)29-16-8-5-15(6-9-16)23(30)28-24-27-22-18-4-2-1-3-14(18)7-12-21(22)33-24/h1-13,29H,(H,27,28,30). The van der Waals surface area contributed by atoms with E-state index in [4.69, 9.17) is 0 Å². The highest BCUT2D eigenvalue weighted by atomic mass is 32.2. The van der Waals surface area contributed by atoms with Gasteiger partial charge < -0.3 is 0 Å². The molecule has 0 radical (unpaired) electrons. The minimum Gasteiger partial charge on any atom is -0.298 e. The molecule has 6 nitrogen and oxygen atoms in total. The van der Waals surface area contributed by atoms with Gasteiger partial charge in [-0.2, -0.15) is 0 Å². The number of hydrogen-bond donors (Lipinski definition) is 2. The Morgan fingerprint density at radius 1 is 0.882 bits per heavy atom. The topological polar surface area (TPSA) is 88.2 Å². The van der Waals surface area contributed by atoms with Crippen molar-refractivity contribution in [1.82, 2.24) is 4.98 Å². The number of nitrogens with zero attached hydrogens (tertiary/aromatic N) is 1. The molecule has 10 heteroatoms. The van der Waals surface area contributed by atoms with Gasteiger partial charge >= 0.3 is 0 Å². The van der Waals surface area contributed by atoms with Crippen LogP contribution in [0.25, 0.3) is 21.0 Å². The lowest BCUT2D eigenvalue weighted by atomic mass is 10.1. The summed E-state index contributed by atoms with van der Waals surface area (Å²) in [5.74, 6) is -2.81. The molecule has 0 bridgehead atoms. The maximum Gasteiger partial charge on any atom is 0.261 e. The summed E-state index contributed by atoms with van der Waals surface area (Å²) < 4.78 is 54.5. The molecular weight excluding hydrogens is 480 g/mol. The molecule has 34 heavy (non-hydrogen) atoms. The lowest BCUT2D eigenvalue weighted by molar-refractivity contribution is 0.102. The lowest BCUT2D eigenvalue weighted by Gasteiger charge is -2.09. The molecule has 0 saturated heterocycles. The van der Waals surface area contributed by atoms with Gasteiger partial charge in [-0.1, -0.05) is 41.7 Å². The summed E-state index contributed by atoms with van der Waals surface area (Å²) in [5, 5.41) is 5.26. The second kappa shape index (κ2) is 8.47. The minimum absolute atomic E-state index is 0.160. The largest absolute Gasteiger partial charge is 0.298 e. The van der Waals surface area contributed by atoms with E-state index in [1.54, 1.807) is 0 Å². The van der Waals surface area contributed by atoms with Crippen LogP contribution in [0.15, 0.2) is 83.8 Å². The molecule has 1 amide bonds. The molecular formula is C24H15F2N3O3S2. The van der Waals surface area contributed by atoms with Gasteiger partial charge in [0.2, 0.25) is 0 Å². The van der Waals surface area contributed by atoms with E-state index in [9.17, 15) is 22.0 Å². The van der Waals surface area contributed by atoms with E-state index >= 15 is 0 Å². The third kappa shape index (κ3) is 4.20. The molecule has 0 atom stereocenters. The number of carbonyl (C=O) groups excluding carboxylic acids is 1. The van der Waals surface area contributed by atoms with Crippen molar-refractivity contribution in [2.24, 2.45) is 0 Å². The summed E-state index contributed by atoms with van der Waals surface area (Å²) in [4.78, 5) is 16.8. The first kappa shape index (κ1) is 21.9. The second-order valence-corrected chi connectivity index (χ2v) is 10.1. The summed E-state index contributed by atoms with van der Waals surface area (Å²) >= 11 is 1.35. The zero-order valence-electron chi connectivity index (χ0n) is 17.2. The number of halogens is 2. The van der Waals surface area contributed by atoms with Crippen molar-refractivity contribution >= 4 is 59.1 Å². The summed E-state index contributed by atoms with van der Waals surface area (Å²) in [5.41, 5.74) is 1.26.